The zero-order valence-electron chi connectivity index (χ0n) is 11.0. The second-order valence-electron chi connectivity index (χ2n) is 5.51. The van der Waals surface area contributed by atoms with Crippen LogP contribution in [0, 0.1) is 18.8 Å². The topological polar surface area (TPSA) is 58.5 Å². The summed E-state index contributed by atoms with van der Waals surface area (Å²) in [7, 11) is -3.52. The molecule has 5 heteroatoms. The number of hydrazone groups is 1. The number of sulfonamides is 1. The van der Waals surface area contributed by atoms with Gasteiger partial charge in [-0.15, -0.1) is 0 Å². The van der Waals surface area contributed by atoms with Gasteiger partial charge in [0.05, 0.1) is 4.90 Å². The third kappa shape index (κ3) is 2.66. The van der Waals surface area contributed by atoms with Gasteiger partial charge in [-0.25, -0.2) is 4.83 Å². The Bertz CT molecular complexity index is 605. The van der Waals surface area contributed by atoms with Crippen LogP contribution >= 0.6 is 0 Å². The summed E-state index contributed by atoms with van der Waals surface area (Å²) in [6.45, 7) is 1.93. The molecule has 19 heavy (non-hydrogen) atoms. The quantitative estimate of drug-likeness (QED) is 0.863. The molecule has 0 aliphatic heterocycles. The summed E-state index contributed by atoms with van der Waals surface area (Å²) in [6, 6.07) is 6.80. The van der Waals surface area contributed by atoms with Gasteiger partial charge in [0.15, 0.2) is 0 Å². The second kappa shape index (κ2) is 4.63. The first-order valence-corrected chi connectivity index (χ1v) is 8.19. The number of hydrogen-bond donors (Lipinski definition) is 1. The molecule has 0 saturated heterocycles. The average molecular weight is 278 g/mol. The molecule has 102 valence electrons. The number of benzene rings is 1. The number of fused-ring (bicyclic) bond motifs is 1. The Hall–Kier alpha value is -1.36. The smallest absolute Gasteiger partial charge is 0.200 e. The minimum atomic E-state index is -3.52. The lowest BCUT2D eigenvalue weighted by Crippen LogP contribution is -2.22. The molecule has 1 aromatic carbocycles. The highest BCUT2D eigenvalue weighted by molar-refractivity contribution is 7.89. The number of rotatable bonds is 3. The van der Waals surface area contributed by atoms with Crippen LogP contribution in [0.2, 0.25) is 0 Å². The van der Waals surface area contributed by atoms with Gasteiger partial charge in [0.2, 0.25) is 0 Å². The number of aryl methyl sites for hydroxylation is 1. The van der Waals surface area contributed by atoms with E-state index in [2.05, 4.69) is 9.93 Å². The molecule has 0 bridgehead atoms. The maximum Gasteiger partial charge on any atom is 0.276 e. The summed E-state index contributed by atoms with van der Waals surface area (Å²) in [4.78, 5) is 2.65. The van der Waals surface area contributed by atoms with E-state index in [9.17, 15) is 8.42 Å². The highest BCUT2D eigenvalue weighted by Gasteiger charge is 2.43. The molecular weight excluding hydrogens is 260 g/mol. The average Bonchev–Trinajstić information content (AvgIpc) is 3.16. The molecule has 0 heterocycles. The molecule has 2 atom stereocenters. The highest BCUT2D eigenvalue weighted by Crippen LogP contribution is 2.47. The Morgan fingerprint density at radius 1 is 1.26 bits per heavy atom. The first kappa shape index (κ1) is 12.7. The van der Waals surface area contributed by atoms with E-state index in [4.69, 9.17) is 0 Å². The van der Waals surface area contributed by atoms with Gasteiger partial charge in [-0.1, -0.05) is 17.7 Å². The van der Waals surface area contributed by atoms with Gasteiger partial charge in [0, 0.05) is 11.6 Å². The third-order valence-electron chi connectivity index (χ3n) is 4.00. The fraction of sp³-hybridized carbons (Fsp3) is 0.500. The van der Waals surface area contributed by atoms with E-state index in [0.717, 1.165) is 30.0 Å². The van der Waals surface area contributed by atoms with Crippen LogP contribution in [0.4, 0.5) is 0 Å². The van der Waals surface area contributed by atoms with E-state index < -0.39 is 10.0 Å². The minimum Gasteiger partial charge on any atom is -0.200 e. The molecule has 2 aliphatic rings. The van der Waals surface area contributed by atoms with Crippen molar-refractivity contribution < 1.29 is 8.42 Å². The van der Waals surface area contributed by atoms with Gasteiger partial charge in [0.25, 0.3) is 10.0 Å². The summed E-state index contributed by atoms with van der Waals surface area (Å²) in [5.74, 6) is 1.30. The van der Waals surface area contributed by atoms with Crippen LogP contribution in [0.5, 0.6) is 0 Å². The lowest BCUT2D eigenvalue weighted by molar-refractivity contribution is 0.581. The molecule has 0 unspecified atom stereocenters. The van der Waals surface area contributed by atoms with Gasteiger partial charge in [0.1, 0.15) is 0 Å². The van der Waals surface area contributed by atoms with Gasteiger partial charge >= 0.3 is 0 Å². The van der Waals surface area contributed by atoms with Crippen LogP contribution in [-0.4, -0.2) is 14.1 Å². The molecule has 1 aromatic rings. The predicted molar refractivity (Wildman–Crippen MR) is 74.4 cm³/mol. The minimum absolute atomic E-state index is 0.269. The van der Waals surface area contributed by atoms with Crippen LogP contribution in [0.1, 0.15) is 31.2 Å². The third-order valence-corrected chi connectivity index (χ3v) is 5.22. The Balaban J connectivity index is 1.75. The monoisotopic (exact) mass is 278 g/mol. The molecule has 3 rings (SSSR count). The van der Waals surface area contributed by atoms with Gasteiger partial charge in [-0.2, -0.15) is 13.5 Å². The molecule has 0 spiro atoms. The number of nitrogens with zero attached hydrogens (tertiary/aromatic N) is 1. The summed E-state index contributed by atoms with van der Waals surface area (Å²) in [6.07, 6.45) is 4.52. The van der Waals surface area contributed by atoms with Crippen molar-refractivity contribution in [2.75, 3.05) is 0 Å². The van der Waals surface area contributed by atoms with Crippen molar-refractivity contribution in [3.63, 3.8) is 0 Å². The first-order valence-electron chi connectivity index (χ1n) is 6.71. The van der Waals surface area contributed by atoms with Crippen molar-refractivity contribution in [3.05, 3.63) is 29.8 Å². The van der Waals surface area contributed by atoms with E-state index in [0.29, 0.717) is 5.92 Å². The van der Waals surface area contributed by atoms with Crippen LogP contribution in [-0.2, 0) is 10.0 Å². The molecule has 2 aliphatic carbocycles. The summed E-state index contributed by atoms with van der Waals surface area (Å²) in [5.41, 5.74) is 2.07. The predicted octanol–water partition coefficient (Wildman–Crippen LogP) is 2.45. The fourth-order valence-corrected chi connectivity index (χ4v) is 3.57. The Labute approximate surface area is 114 Å². The SMILES string of the molecule is Cc1ccc(S(=O)(=O)N/N=C2\CCC[C@H]3C[C@H]23)cc1. The van der Waals surface area contributed by atoms with Crippen molar-refractivity contribution in [1.29, 1.82) is 0 Å². The van der Waals surface area contributed by atoms with Crippen LogP contribution in [0.3, 0.4) is 0 Å². The zero-order valence-corrected chi connectivity index (χ0v) is 11.8. The van der Waals surface area contributed by atoms with E-state index >= 15 is 0 Å². The van der Waals surface area contributed by atoms with Crippen LogP contribution < -0.4 is 4.83 Å². The highest BCUT2D eigenvalue weighted by atomic mass is 32.2. The largest absolute Gasteiger partial charge is 0.276 e. The molecule has 4 nitrogen and oxygen atoms in total. The van der Waals surface area contributed by atoms with Crippen molar-refractivity contribution in [3.8, 4) is 0 Å². The molecule has 2 saturated carbocycles. The van der Waals surface area contributed by atoms with Crippen molar-refractivity contribution in [2.45, 2.75) is 37.5 Å². The standard InChI is InChI=1S/C14H18N2O2S/c1-10-5-7-12(8-6-10)19(17,18)16-15-14-4-2-3-11-9-13(11)14/h5-8,11,13,16H,2-4,9H2,1H3/b15-14+/t11-,13-/m0/s1. The Morgan fingerprint density at radius 2 is 2.00 bits per heavy atom. The summed E-state index contributed by atoms with van der Waals surface area (Å²) >= 11 is 0. The lowest BCUT2D eigenvalue weighted by atomic mass is 9.99. The first-order chi connectivity index (χ1) is 9.06. The lowest BCUT2D eigenvalue weighted by Gasteiger charge is -2.12. The van der Waals surface area contributed by atoms with Gasteiger partial charge < -0.3 is 0 Å². The number of nitrogens with one attached hydrogen (secondary N) is 1. The van der Waals surface area contributed by atoms with E-state index in [-0.39, 0.29) is 4.90 Å². The molecular formula is C14H18N2O2S. The van der Waals surface area contributed by atoms with Crippen LogP contribution in [0.25, 0.3) is 0 Å². The summed E-state index contributed by atoms with van der Waals surface area (Å²) in [5, 5.41) is 4.16. The van der Waals surface area contributed by atoms with Crippen LogP contribution in [0.15, 0.2) is 34.3 Å². The fourth-order valence-electron chi connectivity index (χ4n) is 2.73. The van der Waals surface area contributed by atoms with Crippen molar-refractivity contribution in [2.24, 2.45) is 16.9 Å². The van der Waals surface area contributed by atoms with E-state index in [1.54, 1.807) is 24.3 Å². The molecule has 1 N–H and O–H groups in total. The van der Waals surface area contributed by atoms with Gasteiger partial charge in [-0.05, 0) is 50.7 Å². The zero-order chi connectivity index (χ0) is 13.5. The van der Waals surface area contributed by atoms with Gasteiger partial charge in [-0.3, -0.25) is 0 Å². The van der Waals surface area contributed by atoms with E-state index in [1.165, 1.54) is 12.8 Å². The normalized spacial score (nSPS) is 27.9. The maximum absolute atomic E-state index is 12.1. The summed E-state index contributed by atoms with van der Waals surface area (Å²) < 4.78 is 24.2. The molecule has 0 amide bonds. The Kier molecular flexibility index (Phi) is 3.09. The molecule has 0 aromatic heterocycles. The molecule has 0 radical (unpaired) electrons. The van der Waals surface area contributed by atoms with E-state index in [1.807, 2.05) is 6.92 Å². The number of hydrogen-bond acceptors (Lipinski definition) is 3. The molecule has 2 fully saturated rings. The van der Waals surface area contributed by atoms with Crippen molar-refractivity contribution >= 4 is 15.7 Å². The van der Waals surface area contributed by atoms with Crippen molar-refractivity contribution in [1.82, 2.24) is 4.83 Å². The second-order valence-corrected chi connectivity index (χ2v) is 7.17. The Morgan fingerprint density at radius 3 is 2.74 bits per heavy atom. The maximum atomic E-state index is 12.1.